The van der Waals surface area contributed by atoms with Gasteiger partial charge in [-0.3, -0.25) is 0 Å². The van der Waals surface area contributed by atoms with Crippen molar-refractivity contribution >= 4 is 17.2 Å². The maximum Gasteiger partial charge on any atom is 0.346 e. The lowest BCUT2D eigenvalue weighted by Crippen LogP contribution is -2.21. The van der Waals surface area contributed by atoms with E-state index in [1.165, 1.54) is 0 Å². The summed E-state index contributed by atoms with van der Waals surface area (Å²) in [6.07, 6.45) is 0. The van der Waals surface area contributed by atoms with Gasteiger partial charge in [-0.15, -0.1) is 0 Å². The van der Waals surface area contributed by atoms with Gasteiger partial charge in [0, 0.05) is 18.8 Å². The summed E-state index contributed by atoms with van der Waals surface area (Å²) in [5, 5.41) is 17.8. The van der Waals surface area contributed by atoms with Gasteiger partial charge in [-0.1, -0.05) is 12.1 Å². The molecule has 100 valence electrons. The van der Waals surface area contributed by atoms with Crippen LogP contribution in [0.3, 0.4) is 0 Å². The van der Waals surface area contributed by atoms with E-state index in [-0.39, 0.29) is 5.57 Å². The van der Waals surface area contributed by atoms with Crippen LogP contribution in [0.4, 0.5) is 5.69 Å². The molecular weight excluding hydrogens is 240 g/mol. The molecule has 0 aliphatic carbocycles. The number of hydrogen-bond acceptors (Lipinski definition) is 3. The predicted molar refractivity (Wildman–Crippen MR) is 75.8 cm³/mol. The normalized spacial score (nSPS) is 11.5. The first-order valence-corrected chi connectivity index (χ1v) is 6.24. The van der Waals surface area contributed by atoms with Crippen molar-refractivity contribution in [1.82, 2.24) is 0 Å². The van der Waals surface area contributed by atoms with Crippen LogP contribution >= 0.6 is 0 Å². The third-order valence-electron chi connectivity index (χ3n) is 3.13. The molecule has 1 N–H and O–H groups in total. The lowest BCUT2D eigenvalue weighted by atomic mass is 10.0. The number of rotatable bonds is 5. The molecule has 0 fully saturated rings. The molecule has 0 unspecified atom stereocenters. The molecule has 0 aromatic heterocycles. The number of nitriles is 1. The van der Waals surface area contributed by atoms with E-state index in [1.54, 1.807) is 13.0 Å². The zero-order valence-electron chi connectivity index (χ0n) is 11.5. The standard InChI is InChI=1S/C15H18N2O2/c1-4-17(5-2)13-8-6-12(7-9-13)11(3)14(10-16)15(18)19/h6-9H,4-5H2,1-3H3,(H,18,19). The highest BCUT2D eigenvalue weighted by Gasteiger charge is 2.12. The van der Waals surface area contributed by atoms with Crippen LogP contribution in [0, 0.1) is 11.3 Å². The zero-order chi connectivity index (χ0) is 14.4. The molecule has 0 atom stereocenters. The highest BCUT2D eigenvalue weighted by Crippen LogP contribution is 2.22. The van der Waals surface area contributed by atoms with Gasteiger partial charge in [-0.25, -0.2) is 4.79 Å². The Balaban J connectivity index is 3.12. The monoisotopic (exact) mass is 258 g/mol. The molecule has 0 radical (unpaired) electrons. The summed E-state index contributed by atoms with van der Waals surface area (Å²) in [5.41, 5.74) is 2.13. The first-order chi connectivity index (χ1) is 9.04. The van der Waals surface area contributed by atoms with Gasteiger partial charge in [0.25, 0.3) is 0 Å². The zero-order valence-corrected chi connectivity index (χ0v) is 11.5. The van der Waals surface area contributed by atoms with Crippen molar-refractivity contribution in [2.24, 2.45) is 0 Å². The van der Waals surface area contributed by atoms with E-state index in [0.29, 0.717) is 5.57 Å². The molecule has 0 aliphatic heterocycles. The summed E-state index contributed by atoms with van der Waals surface area (Å²) >= 11 is 0. The third-order valence-corrected chi connectivity index (χ3v) is 3.13. The maximum absolute atomic E-state index is 10.9. The number of hydrogen-bond donors (Lipinski definition) is 1. The van der Waals surface area contributed by atoms with Crippen LogP contribution in [-0.2, 0) is 4.79 Å². The smallest absolute Gasteiger partial charge is 0.346 e. The molecular formula is C15H18N2O2. The molecule has 4 nitrogen and oxygen atoms in total. The van der Waals surface area contributed by atoms with Crippen LogP contribution in [0.25, 0.3) is 5.57 Å². The van der Waals surface area contributed by atoms with Crippen molar-refractivity contribution in [2.45, 2.75) is 20.8 Å². The fourth-order valence-corrected chi connectivity index (χ4v) is 1.95. The number of nitrogens with zero attached hydrogens (tertiary/aromatic N) is 2. The molecule has 1 rings (SSSR count). The SMILES string of the molecule is CCN(CC)c1ccc(C(C)=C(C#N)C(=O)O)cc1. The predicted octanol–water partition coefficient (Wildman–Crippen LogP) is 2.91. The molecule has 0 saturated heterocycles. The second-order valence-corrected chi connectivity index (χ2v) is 4.14. The van der Waals surface area contributed by atoms with Crippen molar-refractivity contribution in [3.05, 3.63) is 35.4 Å². The van der Waals surface area contributed by atoms with E-state index in [4.69, 9.17) is 10.4 Å². The first kappa shape index (κ1) is 14.8. The second kappa shape index (κ2) is 6.60. The molecule has 0 amide bonds. The lowest BCUT2D eigenvalue weighted by Gasteiger charge is -2.21. The van der Waals surface area contributed by atoms with Crippen LogP contribution in [0.2, 0.25) is 0 Å². The number of carboxylic acids is 1. The quantitative estimate of drug-likeness (QED) is 0.651. The molecule has 0 aliphatic rings. The number of benzene rings is 1. The molecule has 0 heterocycles. The van der Waals surface area contributed by atoms with Crippen molar-refractivity contribution in [3.63, 3.8) is 0 Å². The van der Waals surface area contributed by atoms with Crippen LogP contribution in [-0.4, -0.2) is 24.2 Å². The second-order valence-electron chi connectivity index (χ2n) is 4.14. The molecule has 4 heteroatoms. The molecule has 0 saturated carbocycles. The Morgan fingerprint density at radius 2 is 1.79 bits per heavy atom. The first-order valence-electron chi connectivity index (χ1n) is 6.24. The number of anilines is 1. The average Bonchev–Trinajstić information content (AvgIpc) is 2.41. The van der Waals surface area contributed by atoms with Gasteiger partial charge >= 0.3 is 5.97 Å². The molecule has 1 aromatic rings. The fraction of sp³-hybridized carbons (Fsp3) is 0.333. The van der Waals surface area contributed by atoms with E-state index in [2.05, 4.69) is 18.7 Å². The summed E-state index contributed by atoms with van der Waals surface area (Å²) in [5.74, 6) is -1.19. The van der Waals surface area contributed by atoms with Crippen LogP contribution < -0.4 is 4.90 Å². The number of allylic oxidation sites excluding steroid dienone is 1. The van der Waals surface area contributed by atoms with E-state index in [9.17, 15) is 4.79 Å². The molecule has 0 spiro atoms. The summed E-state index contributed by atoms with van der Waals surface area (Å²) in [7, 11) is 0. The van der Waals surface area contributed by atoms with Crippen molar-refractivity contribution < 1.29 is 9.90 Å². The van der Waals surface area contributed by atoms with Crippen molar-refractivity contribution in [2.75, 3.05) is 18.0 Å². The Labute approximate surface area is 113 Å². The Hall–Kier alpha value is -2.28. The summed E-state index contributed by atoms with van der Waals surface area (Å²) in [4.78, 5) is 13.1. The minimum atomic E-state index is -1.19. The van der Waals surface area contributed by atoms with Crippen LogP contribution in [0.5, 0.6) is 0 Å². The summed E-state index contributed by atoms with van der Waals surface area (Å²) < 4.78 is 0. The number of carbonyl (C=O) groups is 1. The van der Waals surface area contributed by atoms with Gasteiger partial charge in [0.2, 0.25) is 0 Å². The van der Waals surface area contributed by atoms with Crippen LogP contribution in [0.15, 0.2) is 29.8 Å². The summed E-state index contributed by atoms with van der Waals surface area (Å²) in [6, 6.07) is 9.32. The minimum absolute atomic E-state index is 0.212. The van der Waals surface area contributed by atoms with Crippen LogP contribution in [0.1, 0.15) is 26.3 Å². The highest BCUT2D eigenvalue weighted by atomic mass is 16.4. The van der Waals surface area contributed by atoms with E-state index >= 15 is 0 Å². The van der Waals surface area contributed by atoms with Gasteiger partial charge in [0.1, 0.15) is 11.6 Å². The maximum atomic E-state index is 10.9. The third kappa shape index (κ3) is 3.35. The van der Waals surface area contributed by atoms with Gasteiger partial charge < -0.3 is 10.0 Å². The Kier molecular flexibility index (Phi) is 5.13. The van der Waals surface area contributed by atoms with Crippen molar-refractivity contribution in [3.8, 4) is 6.07 Å². The van der Waals surface area contributed by atoms with Gasteiger partial charge in [-0.05, 0) is 44.0 Å². The largest absolute Gasteiger partial charge is 0.477 e. The number of carboxylic acid groups (broad SMARTS) is 1. The van der Waals surface area contributed by atoms with E-state index < -0.39 is 5.97 Å². The minimum Gasteiger partial charge on any atom is -0.477 e. The number of aliphatic carboxylic acids is 1. The van der Waals surface area contributed by atoms with E-state index in [1.807, 2.05) is 24.3 Å². The fourth-order valence-electron chi connectivity index (χ4n) is 1.95. The van der Waals surface area contributed by atoms with E-state index in [0.717, 1.165) is 24.3 Å². The molecule has 0 bridgehead atoms. The Morgan fingerprint density at radius 1 is 1.26 bits per heavy atom. The topological polar surface area (TPSA) is 64.3 Å². The highest BCUT2D eigenvalue weighted by molar-refractivity contribution is 6.00. The summed E-state index contributed by atoms with van der Waals surface area (Å²) in [6.45, 7) is 7.66. The van der Waals surface area contributed by atoms with Gasteiger partial charge in [0.05, 0.1) is 0 Å². The Morgan fingerprint density at radius 3 is 2.16 bits per heavy atom. The molecule has 19 heavy (non-hydrogen) atoms. The lowest BCUT2D eigenvalue weighted by molar-refractivity contribution is -0.132. The average molecular weight is 258 g/mol. The van der Waals surface area contributed by atoms with Crippen molar-refractivity contribution in [1.29, 1.82) is 5.26 Å². The van der Waals surface area contributed by atoms with Gasteiger partial charge in [-0.2, -0.15) is 5.26 Å². The molecule has 1 aromatic carbocycles. The Bertz CT molecular complexity index is 520. The van der Waals surface area contributed by atoms with Gasteiger partial charge in [0.15, 0.2) is 0 Å².